The lowest BCUT2D eigenvalue weighted by Gasteiger charge is -2.22. The van der Waals surface area contributed by atoms with Gasteiger partial charge in [0.05, 0.1) is 22.7 Å². The highest BCUT2D eigenvalue weighted by molar-refractivity contribution is 6.31. The number of nitrogens with zero attached hydrogens (tertiary/aromatic N) is 2. The van der Waals surface area contributed by atoms with Crippen LogP contribution in [-0.2, 0) is 6.54 Å². The van der Waals surface area contributed by atoms with Gasteiger partial charge >= 0.3 is 0 Å². The lowest BCUT2D eigenvalue weighted by molar-refractivity contribution is 0.422. The molecule has 0 aliphatic carbocycles. The molecule has 0 saturated heterocycles. The number of aromatic nitrogens is 2. The average Bonchev–Trinajstić information content (AvgIpc) is 2.55. The Balaban J connectivity index is 2.34. The molecule has 0 amide bonds. The van der Waals surface area contributed by atoms with E-state index >= 15 is 0 Å². The number of halogens is 1. The molecule has 0 spiro atoms. The van der Waals surface area contributed by atoms with Crippen molar-refractivity contribution in [3.05, 3.63) is 16.9 Å². The van der Waals surface area contributed by atoms with Crippen molar-refractivity contribution in [3.8, 4) is 0 Å². The van der Waals surface area contributed by atoms with E-state index in [1.54, 1.807) is 6.20 Å². The molecule has 0 aliphatic rings. The van der Waals surface area contributed by atoms with Gasteiger partial charge in [0.1, 0.15) is 0 Å². The Morgan fingerprint density at radius 1 is 1.53 bits per heavy atom. The summed E-state index contributed by atoms with van der Waals surface area (Å²) in [5, 5.41) is 12.4. The van der Waals surface area contributed by atoms with Crippen LogP contribution in [0.1, 0.15) is 38.8 Å². The number of hydrogen-bond donors (Lipinski definition) is 2. The van der Waals surface area contributed by atoms with Crippen LogP contribution in [0, 0.1) is 17.7 Å². The summed E-state index contributed by atoms with van der Waals surface area (Å²) in [4.78, 5) is 0. The zero-order valence-electron chi connectivity index (χ0n) is 10.8. The molecule has 5 heteroatoms. The Hall–Kier alpha value is -1.03. The van der Waals surface area contributed by atoms with E-state index in [0.29, 0.717) is 5.02 Å². The van der Waals surface area contributed by atoms with Crippen molar-refractivity contribution in [2.24, 2.45) is 11.1 Å². The van der Waals surface area contributed by atoms with Gasteiger partial charge in [0.25, 0.3) is 0 Å². The molecular weight excluding hydrogens is 236 g/mol. The molecule has 1 aromatic heterocycles. The van der Waals surface area contributed by atoms with Gasteiger partial charge in [-0.15, -0.1) is 0 Å². The summed E-state index contributed by atoms with van der Waals surface area (Å²) in [7, 11) is 0. The SMILES string of the molecule is Cc1c(Cl)cnn1CCCCC(C)(C)C(=N)N. The van der Waals surface area contributed by atoms with E-state index in [4.69, 9.17) is 22.7 Å². The fraction of sp³-hybridized carbons (Fsp3) is 0.667. The van der Waals surface area contributed by atoms with E-state index in [-0.39, 0.29) is 11.3 Å². The molecule has 96 valence electrons. The normalized spacial score (nSPS) is 11.8. The highest BCUT2D eigenvalue weighted by atomic mass is 35.5. The van der Waals surface area contributed by atoms with E-state index in [1.165, 1.54) is 0 Å². The third kappa shape index (κ3) is 3.73. The molecule has 0 radical (unpaired) electrons. The monoisotopic (exact) mass is 256 g/mol. The maximum absolute atomic E-state index is 7.48. The number of amidine groups is 1. The highest BCUT2D eigenvalue weighted by Gasteiger charge is 2.20. The summed E-state index contributed by atoms with van der Waals surface area (Å²) in [6.45, 7) is 6.85. The van der Waals surface area contributed by atoms with Crippen LogP contribution in [0.2, 0.25) is 5.02 Å². The summed E-state index contributed by atoms with van der Waals surface area (Å²) in [6, 6.07) is 0. The molecule has 0 atom stereocenters. The summed E-state index contributed by atoms with van der Waals surface area (Å²) >= 11 is 5.93. The van der Waals surface area contributed by atoms with Crippen LogP contribution in [0.15, 0.2) is 6.20 Å². The molecule has 0 aliphatic heterocycles. The fourth-order valence-electron chi connectivity index (χ4n) is 1.61. The predicted molar refractivity (Wildman–Crippen MR) is 71.5 cm³/mol. The Morgan fingerprint density at radius 3 is 2.65 bits per heavy atom. The largest absolute Gasteiger partial charge is 0.387 e. The Labute approximate surface area is 108 Å². The van der Waals surface area contributed by atoms with E-state index in [1.807, 2.05) is 25.5 Å². The van der Waals surface area contributed by atoms with Crippen LogP contribution in [0.3, 0.4) is 0 Å². The predicted octanol–water partition coefficient (Wildman–Crippen LogP) is 2.98. The third-order valence-corrected chi connectivity index (χ3v) is 3.57. The maximum atomic E-state index is 7.48. The van der Waals surface area contributed by atoms with Gasteiger partial charge in [0.2, 0.25) is 0 Å². The van der Waals surface area contributed by atoms with Crippen molar-refractivity contribution in [2.75, 3.05) is 0 Å². The molecule has 1 aromatic rings. The van der Waals surface area contributed by atoms with Crippen molar-refractivity contribution in [2.45, 2.75) is 46.6 Å². The summed E-state index contributed by atoms with van der Waals surface area (Å²) in [6.07, 6.45) is 4.66. The number of aryl methyl sites for hydroxylation is 1. The zero-order valence-corrected chi connectivity index (χ0v) is 11.5. The molecule has 1 heterocycles. The van der Waals surface area contributed by atoms with Crippen LogP contribution in [0.25, 0.3) is 0 Å². The number of unbranched alkanes of at least 4 members (excludes halogenated alkanes) is 1. The first kappa shape index (κ1) is 14.0. The number of hydrogen-bond acceptors (Lipinski definition) is 2. The Bertz CT molecular complexity index is 395. The van der Waals surface area contributed by atoms with Gasteiger partial charge in [-0.2, -0.15) is 5.10 Å². The van der Waals surface area contributed by atoms with E-state index < -0.39 is 0 Å². The third-order valence-electron chi connectivity index (χ3n) is 3.19. The van der Waals surface area contributed by atoms with Gasteiger partial charge in [0.15, 0.2) is 0 Å². The molecular formula is C12H21ClN4. The second kappa shape index (κ2) is 5.54. The number of nitrogens with one attached hydrogen (secondary N) is 1. The van der Waals surface area contributed by atoms with Crippen molar-refractivity contribution in [1.29, 1.82) is 5.41 Å². The van der Waals surface area contributed by atoms with E-state index in [0.717, 1.165) is 31.5 Å². The Kier molecular flexibility index (Phi) is 4.57. The minimum atomic E-state index is -0.198. The summed E-state index contributed by atoms with van der Waals surface area (Å²) in [5.74, 6) is 0.260. The van der Waals surface area contributed by atoms with Gasteiger partial charge < -0.3 is 5.73 Å². The zero-order chi connectivity index (χ0) is 13.1. The Morgan fingerprint density at radius 2 is 2.18 bits per heavy atom. The van der Waals surface area contributed by atoms with Crippen molar-refractivity contribution < 1.29 is 0 Å². The van der Waals surface area contributed by atoms with Crippen molar-refractivity contribution >= 4 is 17.4 Å². The molecule has 1 rings (SSSR count). The molecule has 0 bridgehead atoms. The minimum Gasteiger partial charge on any atom is -0.387 e. The van der Waals surface area contributed by atoms with Crippen LogP contribution in [0.5, 0.6) is 0 Å². The van der Waals surface area contributed by atoms with Crippen molar-refractivity contribution in [3.63, 3.8) is 0 Å². The first-order valence-corrected chi connectivity index (χ1v) is 6.25. The van der Waals surface area contributed by atoms with Gasteiger partial charge in [0, 0.05) is 12.0 Å². The van der Waals surface area contributed by atoms with Crippen LogP contribution in [0.4, 0.5) is 0 Å². The smallest absolute Gasteiger partial charge is 0.0963 e. The standard InChI is InChI=1S/C12H21ClN4/c1-9-10(13)8-16-17(9)7-5-4-6-12(2,3)11(14)15/h8H,4-7H2,1-3H3,(H3,14,15). The van der Waals surface area contributed by atoms with Crippen LogP contribution < -0.4 is 5.73 Å². The number of rotatable bonds is 6. The molecule has 0 saturated carbocycles. The lowest BCUT2D eigenvalue weighted by atomic mass is 9.86. The molecule has 3 N–H and O–H groups in total. The first-order chi connectivity index (χ1) is 7.84. The van der Waals surface area contributed by atoms with Gasteiger partial charge in [-0.3, -0.25) is 10.1 Å². The lowest BCUT2D eigenvalue weighted by Crippen LogP contribution is -2.30. The second-order valence-electron chi connectivity index (χ2n) is 5.06. The van der Waals surface area contributed by atoms with Gasteiger partial charge in [-0.1, -0.05) is 31.9 Å². The van der Waals surface area contributed by atoms with E-state index in [2.05, 4.69) is 5.10 Å². The van der Waals surface area contributed by atoms with Gasteiger partial charge in [-0.05, 0) is 19.8 Å². The quantitative estimate of drug-likeness (QED) is 0.467. The van der Waals surface area contributed by atoms with Crippen LogP contribution in [-0.4, -0.2) is 15.6 Å². The second-order valence-corrected chi connectivity index (χ2v) is 5.46. The fourth-order valence-corrected chi connectivity index (χ4v) is 1.75. The number of nitrogens with two attached hydrogens (primary N) is 1. The molecule has 17 heavy (non-hydrogen) atoms. The maximum Gasteiger partial charge on any atom is 0.0963 e. The molecule has 0 fully saturated rings. The topological polar surface area (TPSA) is 67.7 Å². The minimum absolute atomic E-state index is 0.198. The first-order valence-electron chi connectivity index (χ1n) is 5.87. The summed E-state index contributed by atoms with van der Waals surface area (Å²) in [5.41, 5.74) is 6.35. The van der Waals surface area contributed by atoms with Gasteiger partial charge in [-0.25, -0.2) is 0 Å². The van der Waals surface area contributed by atoms with E-state index in [9.17, 15) is 0 Å². The average molecular weight is 257 g/mol. The highest BCUT2D eigenvalue weighted by Crippen LogP contribution is 2.23. The molecule has 0 unspecified atom stereocenters. The summed E-state index contributed by atoms with van der Waals surface area (Å²) < 4.78 is 1.92. The molecule has 4 nitrogen and oxygen atoms in total. The van der Waals surface area contributed by atoms with Crippen molar-refractivity contribution in [1.82, 2.24) is 9.78 Å². The molecule has 0 aromatic carbocycles. The van der Waals surface area contributed by atoms with Crippen LogP contribution >= 0.6 is 11.6 Å².